The minimum Gasteiger partial charge on any atom is -0.384 e. The van der Waals surface area contributed by atoms with Crippen molar-refractivity contribution in [2.24, 2.45) is 17.3 Å². The van der Waals surface area contributed by atoms with Gasteiger partial charge in [0.1, 0.15) is 0 Å². The predicted molar refractivity (Wildman–Crippen MR) is 83.0 cm³/mol. The lowest BCUT2D eigenvalue weighted by Crippen LogP contribution is -2.46. The van der Waals surface area contributed by atoms with E-state index in [2.05, 4.69) is 53.7 Å². The smallest absolute Gasteiger partial charge is 0.0969 e. The maximum Gasteiger partial charge on any atom is 0.0969 e. The molecule has 1 aromatic rings. The Hall–Kier alpha value is -0.820. The second kappa shape index (κ2) is 6.09. The zero-order chi connectivity index (χ0) is 14.7. The first-order valence-electron chi connectivity index (χ1n) is 7.49. The highest BCUT2D eigenvalue weighted by molar-refractivity contribution is 5.25. The molecular formula is C18H30O. The van der Waals surface area contributed by atoms with Crippen LogP contribution < -0.4 is 0 Å². The van der Waals surface area contributed by atoms with Gasteiger partial charge in [-0.15, -0.1) is 0 Å². The van der Waals surface area contributed by atoms with Crippen LogP contribution in [0.4, 0.5) is 0 Å². The Morgan fingerprint density at radius 1 is 1.00 bits per heavy atom. The van der Waals surface area contributed by atoms with Crippen LogP contribution in [0.25, 0.3) is 0 Å². The van der Waals surface area contributed by atoms with E-state index in [4.69, 9.17) is 0 Å². The molecular weight excluding hydrogens is 232 g/mol. The summed E-state index contributed by atoms with van der Waals surface area (Å²) in [7, 11) is 0. The van der Waals surface area contributed by atoms with Crippen LogP contribution in [0.3, 0.4) is 0 Å². The molecule has 0 aliphatic heterocycles. The van der Waals surface area contributed by atoms with Crippen molar-refractivity contribution in [3.63, 3.8) is 0 Å². The molecule has 0 heterocycles. The van der Waals surface area contributed by atoms with Crippen LogP contribution in [-0.2, 0) is 5.60 Å². The fraction of sp³-hybridized carbons (Fsp3) is 0.667. The average Bonchev–Trinajstić information content (AvgIpc) is 2.36. The van der Waals surface area contributed by atoms with Crippen molar-refractivity contribution in [1.82, 2.24) is 0 Å². The van der Waals surface area contributed by atoms with Crippen molar-refractivity contribution in [1.29, 1.82) is 0 Å². The molecule has 0 aromatic heterocycles. The molecule has 0 spiro atoms. The summed E-state index contributed by atoms with van der Waals surface area (Å²) in [6.45, 7) is 13.1. The largest absolute Gasteiger partial charge is 0.384 e. The highest BCUT2D eigenvalue weighted by Crippen LogP contribution is 2.48. The molecule has 0 fully saturated rings. The minimum absolute atomic E-state index is 0.132. The van der Waals surface area contributed by atoms with Gasteiger partial charge < -0.3 is 5.11 Å². The fourth-order valence-corrected chi connectivity index (χ4v) is 3.04. The Bertz CT molecular complexity index is 378. The minimum atomic E-state index is -0.775. The van der Waals surface area contributed by atoms with Gasteiger partial charge in [0, 0.05) is 0 Å². The van der Waals surface area contributed by atoms with Crippen molar-refractivity contribution < 1.29 is 5.11 Å². The van der Waals surface area contributed by atoms with E-state index < -0.39 is 5.60 Å². The van der Waals surface area contributed by atoms with E-state index in [1.54, 1.807) is 0 Å². The average molecular weight is 262 g/mol. The molecule has 1 N–H and O–H groups in total. The van der Waals surface area contributed by atoms with Gasteiger partial charge in [-0.3, -0.25) is 0 Å². The summed E-state index contributed by atoms with van der Waals surface area (Å²) in [6.07, 6.45) is 2.18. The Morgan fingerprint density at radius 3 is 1.95 bits per heavy atom. The number of rotatable bonds is 6. The number of hydrogen-bond acceptors (Lipinski definition) is 1. The zero-order valence-corrected chi connectivity index (χ0v) is 13.4. The Morgan fingerprint density at radius 2 is 1.53 bits per heavy atom. The Kier molecular flexibility index (Phi) is 5.20. The van der Waals surface area contributed by atoms with E-state index in [9.17, 15) is 5.11 Å². The Balaban J connectivity index is 3.12. The van der Waals surface area contributed by atoms with E-state index in [-0.39, 0.29) is 11.3 Å². The third-order valence-electron chi connectivity index (χ3n) is 4.43. The molecule has 19 heavy (non-hydrogen) atoms. The van der Waals surface area contributed by atoms with Crippen LogP contribution in [0.1, 0.15) is 59.9 Å². The summed E-state index contributed by atoms with van der Waals surface area (Å²) >= 11 is 0. The lowest BCUT2D eigenvalue weighted by Gasteiger charge is -2.46. The van der Waals surface area contributed by atoms with E-state index in [0.29, 0.717) is 5.92 Å². The molecule has 1 unspecified atom stereocenters. The lowest BCUT2D eigenvalue weighted by molar-refractivity contribution is -0.116. The Labute approximate surface area is 119 Å². The molecule has 1 heteroatoms. The molecule has 1 aromatic carbocycles. The van der Waals surface area contributed by atoms with Crippen LogP contribution in [0, 0.1) is 17.3 Å². The lowest BCUT2D eigenvalue weighted by atomic mass is 9.63. The molecule has 1 atom stereocenters. The molecule has 0 radical (unpaired) electrons. The molecule has 108 valence electrons. The van der Waals surface area contributed by atoms with Crippen LogP contribution in [-0.4, -0.2) is 5.11 Å². The summed E-state index contributed by atoms with van der Waals surface area (Å²) in [5.41, 5.74) is 0.134. The summed E-state index contributed by atoms with van der Waals surface area (Å²) in [5, 5.41) is 11.4. The second-order valence-electron chi connectivity index (χ2n) is 7.10. The third-order valence-corrected chi connectivity index (χ3v) is 4.43. The molecule has 0 saturated carbocycles. The van der Waals surface area contributed by atoms with Crippen molar-refractivity contribution in [2.45, 2.75) is 60.0 Å². The van der Waals surface area contributed by atoms with Gasteiger partial charge >= 0.3 is 0 Å². The summed E-state index contributed by atoms with van der Waals surface area (Å²) in [6, 6.07) is 10.1. The normalized spacial score (nSPS) is 15.8. The first kappa shape index (κ1) is 16.2. The summed E-state index contributed by atoms with van der Waals surface area (Å²) < 4.78 is 0. The van der Waals surface area contributed by atoms with Crippen LogP contribution in [0.5, 0.6) is 0 Å². The van der Waals surface area contributed by atoms with Gasteiger partial charge in [-0.05, 0) is 29.2 Å². The first-order chi connectivity index (χ1) is 8.72. The molecule has 0 aliphatic rings. The van der Waals surface area contributed by atoms with Crippen LogP contribution >= 0.6 is 0 Å². The van der Waals surface area contributed by atoms with Crippen LogP contribution in [0.2, 0.25) is 0 Å². The molecule has 0 bridgehead atoms. The molecule has 0 amide bonds. The standard InChI is InChI=1S/C18H30O/c1-14(2)12-13-17(5,6)18(19,15(3)4)16-10-8-7-9-11-16/h7-11,14-15,19H,12-13H2,1-6H3. The molecule has 1 rings (SSSR count). The van der Waals surface area contributed by atoms with Gasteiger partial charge in [0.15, 0.2) is 0 Å². The maximum absolute atomic E-state index is 11.4. The first-order valence-corrected chi connectivity index (χ1v) is 7.49. The predicted octanol–water partition coefficient (Wildman–Crippen LogP) is 4.99. The maximum atomic E-state index is 11.4. The number of benzene rings is 1. The van der Waals surface area contributed by atoms with Crippen molar-refractivity contribution >= 4 is 0 Å². The van der Waals surface area contributed by atoms with Crippen LogP contribution in [0.15, 0.2) is 30.3 Å². The van der Waals surface area contributed by atoms with E-state index in [0.717, 1.165) is 18.4 Å². The molecule has 0 saturated heterocycles. The highest BCUT2D eigenvalue weighted by atomic mass is 16.3. The fourth-order valence-electron chi connectivity index (χ4n) is 3.04. The van der Waals surface area contributed by atoms with Gasteiger partial charge in [0.05, 0.1) is 5.60 Å². The third kappa shape index (κ3) is 3.39. The van der Waals surface area contributed by atoms with Crippen molar-refractivity contribution in [3.8, 4) is 0 Å². The molecule has 0 aliphatic carbocycles. The molecule has 1 nitrogen and oxygen atoms in total. The van der Waals surface area contributed by atoms with Gasteiger partial charge in [0.2, 0.25) is 0 Å². The van der Waals surface area contributed by atoms with Gasteiger partial charge in [-0.1, -0.05) is 78.3 Å². The van der Waals surface area contributed by atoms with E-state index in [1.165, 1.54) is 0 Å². The second-order valence-corrected chi connectivity index (χ2v) is 7.10. The number of aliphatic hydroxyl groups is 1. The van der Waals surface area contributed by atoms with Gasteiger partial charge in [-0.25, -0.2) is 0 Å². The summed E-state index contributed by atoms with van der Waals surface area (Å²) in [5.74, 6) is 0.864. The number of hydrogen-bond donors (Lipinski definition) is 1. The van der Waals surface area contributed by atoms with Gasteiger partial charge in [0.25, 0.3) is 0 Å². The van der Waals surface area contributed by atoms with E-state index in [1.807, 2.05) is 18.2 Å². The van der Waals surface area contributed by atoms with Crippen molar-refractivity contribution in [2.75, 3.05) is 0 Å². The monoisotopic (exact) mass is 262 g/mol. The van der Waals surface area contributed by atoms with Crippen molar-refractivity contribution in [3.05, 3.63) is 35.9 Å². The SMILES string of the molecule is CC(C)CCC(C)(C)C(O)(c1ccccc1)C(C)C. The topological polar surface area (TPSA) is 20.2 Å². The summed E-state index contributed by atoms with van der Waals surface area (Å²) in [4.78, 5) is 0. The zero-order valence-electron chi connectivity index (χ0n) is 13.4. The highest BCUT2D eigenvalue weighted by Gasteiger charge is 2.46. The van der Waals surface area contributed by atoms with E-state index >= 15 is 0 Å². The quantitative estimate of drug-likeness (QED) is 0.765. The van der Waals surface area contributed by atoms with Gasteiger partial charge in [-0.2, -0.15) is 0 Å².